The van der Waals surface area contributed by atoms with Gasteiger partial charge in [0.05, 0.1) is 19.4 Å². The topological polar surface area (TPSA) is 41.2 Å². The number of ether oxygens (including phenoxy) is 1. The second-order valence-corrected chi connectivity index (χ2v) is 3.31. The van der Waals surface area contributed by atoms with E-state index in [-0.39, 0.29) is 0 Å². The van der Waals surface area contributed by atoms with Gasteiger partial charge in [-0.05, 0) is 12.0 Å². The van der Waals surface area contributed by atoms with Crippen LogP contribution in [0.3, 0.4) is 0 Å². The minimum Gasteiger partial charge on any atom is -0.379 e. The Kier molecular flexibility index (Phi) is 2.94. The van der Waals surface area contributed by atoms with Crippen LogP contribution in [0.1, 0.15) is 5.56 Å². The number of morpholine rings is 1. The number of rotatable bonds is 3. The molecule has 0 spiro atoms. The first kappa shape index (κ1) is 8.72. The smallest absolute Gasteiger partial charge is 0.0594 e. The molecule has 2 heterocycles. The van der Waals surface area contributed by atoms with Gasteiger partial charge in [-0.25, -0.2) is 0 Å². The molecule has 1 N–H and O–H groups in total. The molecule has 0 amide bonds. The van der Waals surface area contributed by atoms with Gasteiger partial charge >= 0.3 is 0 Å². The maximum Gasteiger partial charge on any atom is 0.0594 e. The second-order valence-electron chi connectivity index (χ2n) is 3.31. The van der Waals surface area contributed by atoms with E-state index in [0.29, 0.717) is 0 Å². The molecule has 0 aromatic carbocycles. The van der Waals surface area contributed by atoms with E-state index in [0.717, 1.165) is 39.3 Å². The molecule has 1 aliphatic heterocycles. The summed E-state index contributed by atoms with van der Waals surface area (Å²) in [5.41, 5.74) is 1.28. The van der Waals surface area contributed by atoms with E-state index >= 15 is 0 Å². The van der Waals surface area contributed by atoms with Crippen LogP contribution in [0, 0.1) is 0 Å². The first-order valence-corrected chi connectivity index (χ1v) is 4.73. The summed E-state index contributed by atoms with van der Waals surface area (Å²) in [5.74, 6) is 0. The van der Waals surface area contributed by atoms with Crippen LogP contribution < -0.4 is 0 Å². The number of aromatic nitrogens is 2. The van der Waals surface area contributed by atoms with Crippen molar-refractivity contribution in [1.29, 1.82) is 0 Å². The Morgan fingerprint density at radius 1 is 1.46 bits per heavy atom. The lowest BCUT2D eigenvalue weighted by Crippen LogP contribution is -2.37. The van der Waals surface area contributed by atoms with Gasteiger partial charge in [-0.3, -0.25) is 10.00 Å². The number of hydrogen-bond donors (Lipinski definition) is 1. The molecule has 1 aliphatic rings. The van der Waals surface area contributed by atoms with Gasteiger partial charge in [0.25, 0.3) is 0 Å². The molecular formula is C9H15N3O. The Balaban J connectivity index is 1.72. The van der Waals surface area contributed by atoms with Crippen molar-refractivity contribution in [3.8, 4) is 0 Å². The number of aromatic amines is 1. The summed E-state index contributed by atoms with van der Waals surface area (Å²) in [6.07, 6.45) is 4.93. The lowest BCUT2D eigenvalue weighted by molar-refractivity contribution is 0.0384. The predicted octanol–water partition coefficient (Wildman–Crippen LogP) is 0.284. The minimum atomic E-state index is 0.880. The number of H-pyrrole nitrogens is 1. The van der Waals surface area contributed by atoms with Crippen molar-refractivity contribution in [1.82, 2.24) is 15.1 Å². The SMILES string of the molecule is c1n[nH]cc1CCN1CCOCC1. The van der Waals surface area contributed by atoms with Crippen LogP contribution in [0.15, 0.2) is 12.4 Å². The monoisotopic (exact) mass is 181 g/mol. The van der Waals surface area contributed by atoms with Crippen molar-refractivity contribution in [3.63, 3.8) is 0 Å². The summed E-state index contributed by atoms with van der Waals surface area (Å²) in [6, 6.07) is 0. The number of nitrogens with zero attached hydrogens (tertiary/aromatic N) is 2. The van der Waals surface area contributed by atoms with Gasteiger partial charge in [-0.15, -0.1) is 0 Å². The Labute approximate surface area is 77.9 Å². The Bertz CT molecular complexity index is 229. The predicted molar refractivity (Wildman–Crippen MR) is 49.6 cm³/mol. The summed E-state index contributed by atoms with van der Waals surface area (Å²) >= 11 is 0. The van der Waals surface area contributed by atoms with E-state index in [1.165, 1.54) is 5.56 Å². The molecule has 4 heteroatoms. The molecule has 0 saturated carbocycles. The lowest BCUT2D eigenvalue weighted by atomic mass is 10.2. The van der Waals surface area contributed by atoms with Crippen molar-refractivity contribution < 1.29 is 4.74 Å². The first-order valence-electron chi connectivity index (χ1n) is 4.73. The van der Waals surface area contributed by atoms with Crippen molar-refractivity contribution in [3.05, 3.63) is 18.0 Å². The molecule has 1 aromatic rings. The van der Waals surface area contributed by atoms with Crippen LogP contribution >= 0.6 is 0 Å². The van der Waals surface area contributed by atoms with Crippen LogP contribution in [0.25, 0.3) is 0 Å². The van der Waals surface area contributed by atoms with Crippen molar-refractivity contribution in [2.24, 2.45) is 0 Å². The number of hydrogen-bond acceptors (Lipinski definition) is 3. The third kappa shape index (κ3) is 2.54. The van der Waals surface area contributed by atoms with Gasteiger partial charge in [0.15, 0.2) is 0 Å². The molecule has 4 nitrogen and oxygen atoms in total. The van der Waals surface area contributed by atoms with Gasteiger partial charge in [0, 0.05) is 25.8 Å². The zero-order chi connectivity index (χ0) is 8.93. The Morgan fingerprint density at radius 3 is 3.00 bits per heavy atom. The maximum atomic E-state index is 5.28. The molecule has 72 valence electrons. The van der Waals surface area contributed by atoms with Crippen molar-refractivity contribution >= 4 is 0 Å². The normalized spacial score (nSPS) is 19.1. The van der Waals surface area contributed by atoms with E-state index in [4.69, 9.17) is 4.74 Å². The quantitative estimate of drug-likeness (QED) is 0.728. The van der Waals surface area contributed by atoms with E-state index in [9.17, 15) is 0 Å². The molecule has 1 saturated heterocycles. The van der Waals surface area contributed by atoms with Gasteiger partial charge in [0.2, 0.25) is 0 Å². The fourth-order valence-corrected chi connectivity index (χ4v) is 1.53. The zero-order valence-electron chi connectivity index (χ0n) is 7.70. The highest BCUT2D eigenvalue weighted by Crippen LogP contribution is 2.01. The van der Waals surface area contributed by atoms with E-state index < -0.39 is 0 Å². The highest BCUT2D eigenvalue weighted by Gasteiger charge is 2.09. The van der Waals surface area contributed by atoms with E-state index in [1.807, 2.05) is 12.4 Å². The van der Waals surface area contributed by atoms with E-state index in [2.05, 4.69) is 15.1 Å². The second kappa shape index (κ2) is 4.39. The zero-order valence-corrected chi connectivity index (χ0v) is 7.70. The summed E-state index contributed by atoms with van der Waals surface area (Å²) in [6.45, 7) is 5.01. The lowest BCUT2D eigenvalue weighted by Gasteiger charge is -2.26. The highest BCUT2D eigenvalue weighted by atomic mass is 16.5. The maximum absolute atomic E-state index is 5.28. The van der Waals surface area contributed by atoms with Crippen LogP contribution in [-0.2, 0) is 11.2 Å². The number of nitrogens with one attached hydrogen (secondary N) is 1. The standard InChI is InChI=1S/C9H15N3O/c1(9-7-10-11-8-9)2-12-3-5-13-6-4-12/h7-8H,1-6H2,(H,10,11). The minimum absolute atomic E-state index is 0.880. The fraction of sp³-hybridized carbons (Fsp3) is 0.667. The largest absolute Gasteiger partial charge is 0.379 e. The van der Waals surface area contributed by atoms with Gasteiger partial charge in [-0.2, -0.15) is 5.10 Å². The van der Waals surface area contributed by atoms with E-state index in [1.54, 1.807) is 0 Å². The molecule has 13 heavy (non-hydrogen) atoms. The third-order valence-electron chi connectivity index (χ3n) is 2.38. The highest BCUT2D eigenvalue weighted by molar-refractivity contribution is 5.02. The molecule has 0 radical (unpaired) electrons. The summed E-state index contributed by atoms with van der Waals surface area (Å²) < 4.78 is 5.28. The van der Waals surface area contributed by atoms with Crippen LogP contribution in [0.4, 0.5) is 0 Å². The van der Waals surface area contributed by atoms with Crippen LogP contribution in [0.2, 0.25) is 0 Å². The summed E-state index contributed by atoms with van der Waals surface area (Å²) in [7, 11) is 0. The van der Waals surface area contributed by atoms with Gasteiger partial charge in [0.1, 0.15) is 0 Å². The Hall–Kier alpha value is -0.870. The average Bonchev–Trinajstić information content (AvgIpc) is 2.69. The summed E-state index contributed by atoms with van der Waals surface area (Å²) in [4.78, 5) is 2.43. The summed E-state index contributed by atoms with van der Waals surface area (Å²) in [5, 5.41) is 6.74. The molecule has 0 unspecified atom stereocenters. The van der Waals surface area contributed by atoms with Gasteiger partial charge < -0.3 is 4.74 Å². The molecular weight excluding hydrogens is 166 g/mol. The molecule has 1 fully saturated rings. The molecule has 1 aromatic heterocycles. The molecule has 2 rings (SSSR count). The van der Waals surface area contributed by atoms with Crippen molar-refractivity contribution in [2.75, 3.05) is 32.8 Å². The molecule has 0 aliphatic carbocycles. The third-order valence-corrected chi connectivity index (χ3v) is 2.38. The van der Waals surface area contributed by atoms with Crippen LogP contribution in [-0.4, -0.2) is 47.9 Å². The van der Waals surface area contributed by atoms with Crippen molar-refractivity contribution in [2.45, 2.75) is 6.42 Å². The first-order chi connectivity index (χ1) is 6.45. The average molecular weight is 181 g/mol. The fourth-order valence-electron chi connectivity index (χ4n) is 1.53. The van der Waals surface area contributed by atoms with Gasteiger partial charge in [-0.1, -0.05) is 0 Å². The Morgan fingerprint density at radius 2 is 2.31 bits per heavy atom. The molecule has 0 bridgehead atoms. The molecule has 0 atom stereocenters. The van der Waals surface area contributed by atoms with Crippen LogP contribution in [0.5, 0.6) is 0 Å².